The second-order valence-electron chi connectivity index (χ2n) is 3.17. The number of para-hydroxylation sites is 1. The maximum atomic E-state index is 10.5. The first kappa shape index (κ1) is 12.3. The highest BCUT2D eigenvalue weighted by Gasteiger charge is 2.21. The van der Waals surface area contributed by atoms with Crippen LogP contribution in [0, 0.1) is 0 Å². The highest BCUT2D eigenvalue weighted by Crippen LogP contribution is 2.24. The smallest absolute Gasteiger partial charge is 0.406 e. The van der Waals surface area contributed by atoms with Gasteiger partial charge in [0.25, 0.3) is 0 Å². The molecule has 0 aromatic heterocycles. The minimum absolute atomic E-state index is 0.143. The van der Waals surface area contributed by atoms with Crippen LogP contribution in [-0.2, 0) is 4.74 Å². The van der Waals surface area contributed by atoms with Crippen LogP contribution in [0.15, 0.2) is 29.4 Å². The molecule has 1 amide bonds. The second-order valence-corrected chi connectivity index (χ2v) is 3.58. The quantitative estimate of drug-likeness (QED) is 0.836. The van der Waals surface area contributed by atoms with E-state index in [0.717, 1.165) is 5.28 Å². The summed E-state index contributed by atoms with van der Waals surface area (Å²) in [6.07, 6.45) is 0.466. The van der Waals surface area contributed by atoms with Crippen molar-refractivity contribution >= 4 is 24.0 Å². The SMILES string of the molecule is NC(=O)OCN1C=NNN1Oc1ccccc1Cl. The minimum Gasteiger partial charge on any atom is -0.427 e. The molecule has 96 valence electrons. The molecule has 0 radical (unpaired) electrons. The summed E-state index contributed by atoms with van der Waals surface area (Å²) in [6.45, 7) is -0.143. The highest BCUT2D eigenvalue weighted by atomic mass is 35.5. The largest absolute Gasteiger partial charge is 0.427 e. The van der Waals surface area contributed by atoms with Crippen molar-refractivity contribution in [2.45, 2.75) is 0 Å². The number of rotatable bonds is 4. The predicted octanol–water partition coefficient (Wildman–Crippen LogP) is 0.667. The fourth-order valence-electron chi connectivity index (χ4n) is 1.15. The van der Waals surface area contributed by atoms with Crippen molar-refractivity contribution in [2.24, 2.45) is 10.8 Å². The first-order chi connectivity index (χ1) is 8.66. The summed E-state index contributed by atoms with van der Waals surface area (Å²) < 4.78 is 4.60. The Morgan fingerprint density at radius 1 is 1.50 bits per heavy atom. The average molecular weight is 272 g/mol. The number of benzene rings is 1. The number of halogens is 1. The second kappa shape index (κ2) is 5.43. The number of nitrogens with one attached hydrogen (secondary N) is 1. The molecule has 0 saturated heterocycles. The van der Waals surface area contributed by atoms with Crippen LogP contribution in [0.4, 0.5) is 4.79 Å². The van der Waals surface area contributed by atoms with E-state index in [1.165, 1.54) is 11.3 Å². The van der Waals surface area contributed by atoms with E-state index in [1.54, 1.807) is 24.3 Å². The molecule has 1 aliphatic heterocycles. The van der Waals surface area contributed by atoms with Crippen molar-refractivity contribution in [3.63, 3.8) is 0 Å². The van der Waals surface area contributed by atoms with E-state index in [0.29, 0.717) is 10.8 Å². The topological polar surface area (TPSA) is 92.4 Å². The summed E-state index contributed by atoms with van der Waals surface area (Å²) in [4.78, 5) is 15.9. The molecule has 1 aromatic carbocycles. The van der Waals surface area contributed by atoms with E-state index < -0.39 is 6.09 Å². The molecule has 1 heterocycles. The molecule has 0 unspecified atom stereocenters. The molecular formula is C9H10ClN5O3. The lowest BCUT2D eigenvalue weighted by Gasteiger charge is -2.24. The van der Waals surface area contributed by atoms with Gasteiger partial charge < -0.3 is 15.3 Å². The van der Waals surface area contributed by atoms with Crippen LogP contribution in [0.5, 0.6) is 5.75 Å². The van der Waals surface area contributed by atoms with Gasteiger partial charge >= 0.3 is 6.09 Å². The van der Waals surface area contributed by atoms with Gasteiger partial charge in [-0.05, 0) is 12.1 Å². The number of hydrogen-bond acceptors (Lipinski definition) is 7. The molecule has 18 heavy (non-hydrogen) atoms. The lowest BCUT2D eigenvalue weighted by molar-refractivity contribution is -0.226. The van der Waals surface area contributed by atoms with Crippen LogP contribution in [0.2, 0.25) is 5.02 Å². The number of carbonyl (C=O) groups is 1. The van der Waals surface area contributed by atoms with Crippen molar-refractivity contribution in [3.8, 4) is 5.75 Å². The van der Waals surface area contributed by atoms with Crippen LogP contribution in [0.3, 0.4) is 0 Å². The van der Waals surface area contributed by atoms with Crippen LogP contribution >= 0.6 is 11.6 Å². The summed E-state index contributed by atoms with van der Waals surface area (Å²) >= 11 is 5.93. The number of hydrazine groups is 2. The third-order valence-corrected chi connectivity index (χ3v) is 2.24. The van der Waals surface area contributed by atoms with Gasteiger partial charge in [-0.1, -0.05) is 23.7 Å². The molecule has 1 aromatic rings. The van der Waals surface area contributed by atoms with Gasteiger partial charge in [-0.15, -0.1) is 5.10 Å². The number of carbonyl (C=O) groups excluding carboxylic acids is 1. The highest BCUT2D eigenvalue weighted by molar-refractivity contribution is 6.32. The van der Waals surface area contributed by atoms with Crippen molar-refractivity contribution in [2.75, 3.05) is 6.73 Å². The number of nitrogens with zero attached hydrogens (tertiary/aromatic N) is 3. The Hall–Kier alpha value is -2.19. The minimum atomic E-state index is -0.895. The van der Waals surface area contributed by atoms with E-state index >= 15 is 0 Å². The summed E-state index contributed by atoms with van der Waals surface area (Å²) in [5.74, 6) is 0.418. The molecule has 1 aliphatic rings. The van der Waals surface area contributed by atoms with Gasteiger partial charge in [0.2, 0.25) is 0 Å². The van der Waals surface area contributed by atoms with E-state index in [4.69, 9.17) is 22.2 Å². The van der Waals surface area contributed by atoms with E-state index in [-0.39, 0.29) is 6.73 Å². The number of nitrogens with two attached hydrogens (primary N) is 1. The van der Waals surface area contributed by atoms with Crippen molar-refractivity contribution in [1.82, 2.24) is 15.8 Å². The first-order valence-electron chi connectivity index (χ1n) is 4.87. The molecule has 0 fully saturated rings. The molecule has 0 atom stereocenters. The normalized spacial score (nSPS) is 14.4. The van der Waals surface area contributed by atoms with Crippen molar-refractivity contribution in [3.05, 3.63) is 29.3 Å². The number of primary amides is 1. The Morgan fingerprint density at radius 3 is 3.00 bits per heavy atom. The fourth-order valence-corrected chi connectivity index (χ4v) is 1.32. The Bertz CT molecular complexity index is 469. The van der Waals surface area contributed by atoms with Gasteiger partial charge in [-0.3, -0.25) is 0 Å². The van der Waals surface area contributed by atoms with Crippen molar-refractivity contribution in [1.29, 1.82) is 0 Å². The number of hydrogen-bond donors (Lipinski definition) is 2. The van der Waals surface area contributed by atoms with E-state index in [2.05, 4.69) is 15.4 Å². The number of ether oxygens (including phenoxy) is 1. The molecule has 0 spiro atoms. The number of amides is 1. The summed E-state index contributed by atoms with van der Waals surface area (Å²) in [7, 11) is 0. The summed E-state index contributed by atoms with van der Waals surface area (Å²) in [6, 6.07) is 6.90. The van der Waals surface area contributed by atoms with Gasteiger partial charge in [0, 0.05) is 0 Å². The standard InChI is InChI=1S/C9H10ClN5O3/c10-7-3-1-2-4-8(7)18-15-13-12-5-14(15)6-17-9(11)16/h1-5,13H,6H2,(H2,11,16). The van der Waals surface area contributed by atoms with Gasteiger partial charge in [-0.2, -0.15) is 5.53 Å². The van der Waals surface area contributed by atoms with E-state index in [9.17, 15) is 4.79 Å². The molecule has 0 saturated carbocycles. The first-order valence-corrected chi connectivity index (χ1v) is 5.25. The van der Waals surface area contributed by atoms with Crippen molar-refractivity contribution < 1.29 is 14.4 Å². The van der Waals surface area contributed by atoms with E-state index in [1.807, 2.05) is 0 Å². The molecule has 0 aliphatic carbocycles. The average Bonchev–Trinajstić information content (AvgIpc) is 2.77. The maximum absolute atomic E-state index is 10.5. The third-order valence-electron chi connectivity index (χ3n) is 1.93. The van der Waals surface area contributed by atoms with Crippen LogP contribution in [0.1, 0.15) is 0 Å². The zero-order valence-electron chi connectivity index (χ0n) is 9.12. The monoisotopic (exact) mass is 271 g/mol. The molecular weight excluding hydrogens is 262 g/mol. The van der Waals surface area contributed by atoms with Crippen LogP contribution in [0.25, 0.3) is 0 Å². The lowest BCUT2D eigenvalue weighted by Crippen LogP contribution is -2.46. The number of hydrazone groups is 1. The Labute approximate surface area is 107 Å². The van der Waals surface area contributed by atoms with Gasteiger partial charge in [0.15, 0.2) is 12.5 Å². The van der Waals surface area contributed by atoms with Gasteiger partial charge in [-0.25, -0.2) is 9.80 Å². The molecule has 2 rings (SSSR count). The summed E-state index contributed by atoms with van der Waals surface area (Å²) in [5.41, 5.74) is 7.38. The Balaban J connectivity index is 1.97. The third kappa shape index (κ3) is 2.93. The molecule has 0 bridgehead atoms. The lowest BCUT2D eigenvalue weighted by atomic mass is 10.3. The molecule has 3 N–H and O–H groups in total. The zero-order valence-corrected chi connectivity index (χ0v) is 9.87. The Morgan fingerprint density at radius 2 is 2.28 bits per heavy atom. The molecule has 9 heteroatoms. The zero-order chi connectivity index (χ0) is 13.0. The predicted molar refractivity (Wildman–Crippen MR) is 62.9 cm³/mol. The maximum Gasteiger partial charge on any atom is 0.406 e. The molecule has 8 nitrogen and oxygen atoms in total. The van der Waals surface area contributed by atoms with Crippen LogP contribution in [-0.4, -0.2) is 29.5 Å². The van der Waals surface area contributed by atoms with Gasteiger partial charge in [0.05, 0.1) is 10.3 Å². The fraction of sp³-hybridized carbons (Fsp3) is 0.111. The van der Waals surface area contributed by atoms with Gasteiger partial charge in [0.1, 0.15) is 6.34 Å². The Kier molecular flexibility index (Phi) is 3.70. The van der Waals surface area contributed by atoms with Crippen LogP contribution < -0.4 is 16.1 Å². The summed E-state index contributed by atoms with van der Waals surface area (Å²) in [5, 5.41) is 6.64.